The van der Waals surface area contributed by atoms with Gasteiger partial charge in [0, 0.05) is 55.6 Å². The van der Waals surface area contributed by atoms with Crippen molar-refractivity contribution in [3.8, 4) is 0 Å². The predicted octanol–water partition coefficient (Wildman–Crippen LogP) is 2.55. The molecule has 0 amide bonds. The Balaban J connectivity index is 1.95. The largest absolute Gasteiger partial charge is 0.504 e. The van der Waals surface area contributed by atoms with E-state index in [9.17, 15) is 34.2 Å². The van der Waals surface area contributed by atoms with E-state index in [2.05, 4.69) is 5.32 Å². The van der Waals surface area contributed by atoms with Crippen LogP contribution in [-0.4, -0.2) is 71.7 Å². The summed E-state index contributed by atoms with van der Waals surface area (Å²) in [6.07, 6.45) is 0.145. The van der Waals surface area contributed by atoms with Crippen LogP contribution in [0.15, 0.2) is 34.3 Å². The van der Waals surface area contributed by atoms with E-state index in [0.29, 0.717) is 12.0 Å². The number of carbonyl (C=O) groups is 5. The SMILES string of the molecule is COC[C@H]1OC(=O)/C(=C\N[C@H](CC(C)C)C(=O)O)C2=C(O)C(=O)C3=C([C@H](OC(C)=O)C[C@]4(C)C(=O)CC[C@@H]34)[C@]21C. The van der Waals surface area contributed by atoms with Crippen LogP contribution in [0.25, 0.3) is 0 Å². The molecule has 0 bridgehead atoms. The normalized spacial score (nSPS) is 33.4. The minimum atomic E-state index is -1.39. The Morgan fingerprint density at radius 1 is 1.23 bits per heavy atom. The van der Waals surface area contributed by atoms with Crippen molar-refractivity contribution in [3.05, 3.63) is 34.3 Å². The van der Waals surface area contributed by atoms with Crippen molar-refractivity contribution in [1.82, 2.24) is 5.32 Å². The van der Waals surface area contributed by atoms with Crippen LogP contribution in [0.5, 0.6) is 0 Å². The summed E-state index contributed by atoms with van der Waals surface area (Å²) in [5.74, 6) is -4.62. The van der Waals surface area contributed by atoms with Crippen molar-refractivity contribution in [2.75, 3.05) is 13.7 Å². The molecule has 218 valence electrons. The summed E-state index contributed by atoms with van der Waals surface area (Å²) in [7, 11) is 1.41. The van der Waals surface area contributed by atoms with Crippen molar-refractivity contribution in [2.24, 2.45) is 22.7 Å². The summed E-state index contributed by atoms with van der Waals surface area (Å²) in [6, 6.07) is -1.05. The summed E-state index contributed by atoms with van der Waals surface area (Å²) in [6.45, 7) is 8.27. The highest BCUT2D eigenvalue weighted by atomic mass is 16.6. The topological polar surface area (TPSA) is 166 Å². The van der Waals surface area contributed by atoms with E-state index in [1.54, 1.807) is 13.8 Å². The number of cyclic esters (lactones) is 1. The molecule has 1 saturated heterocycles. The molecule has 0 aromatic carbocycles. The minimum Gasteiger partial charge on any atom is -0.504 e. The van der Waals surface area contributed by atoms with Crippen LogP contribution >= 0.6 is 0 Å². The van der Waals surface area contributed by atoms with Gasteiger partial charge in [0.2, 0.25) is 5.78 Å². The van der Waals surface area contributed by atoms with E-state index in [4.69, 9.17) is 14.2 Å². The lowest BCUT2D eigenvalue weighted by Crippen LogP contribution is -2.57. The number of hydrogen-bond donors (Lipinski definition) is 3. The number of fused-ring (bicyclic) bond motifs is 4. The van der Waals surface area contributed by atoms with Gasteiger partial charge in [-0.3, -0.25) is 14.4 Å². The Kier molecular flexibility index (Phi) is 7.74. The Hall–Kier alpha value is -3.47. The second kappa shape index (κ2) is 10.5. The van der Waals surface area contributed by atoms with E-state index >= 15 is 0 Å². The molecule has 1 aliphatic heterocycles. The number of allylic oxidation sites excluding steroid dienone is 1. The van der Waals surface area contributed by atoms with Crippen molar-refractivity contribution in [3.63, 3.8) is 0 Å². The summed E-state index contributed by atoms with van der Waals surface area (Å²) in [5.41, 5.74) is -2.06. The van der Waals surface area contributed by atoms with Crippen LogP contribution in [-0.2, 0) is 38.2 Å². The van der Waals surface area contributed by atoms with Gasteiger partial charge in [-0.2, -0.15) is 0 Å². The number of rotatable bonds is 8. The van der Waals surface area contributed by atoms with Crippen LogP contribution in [0.2, 0.25) is 0 Å². The summed E-state index contributed by atoms with van der Waals surface area (Å²) >= 11 is 0. The third-order valence-electron chi connectivity index (χ3n) is 8.85. The molecule has 3 aliphatic carbocycles. The highest BCUT2D eigenvalue weighted by molar-refractivity contribution is 6.14. The molecule has 1 saturated carbocycles. The van der Waals surface area contributed by atoms with E-state index in [0.717, 1.165) is 0 Å². The first-order valence-corrected chi connectivity index (χ1v) is 13.5. The van der Waals surface area contributed by atoms with Crippen LogP contribution < -0.4 is 5.32 Å². The highest BCUT2D eigenvalue weighted by Crippen LogP contribution is 2.62. The quantitative estimate of drug-likeness (QED) is 0.295. The van der Waals surface area contributed by atoms with Crippen LogP contribution in [0.1, 0.15) is 60.3 Å². The molecule has 3 N–H and O–H groups in total. The number of ether oxygens (including phenoxy) is 3. The first-order chi connectivity index (χ1) is 18.7. The van der Waals surface area contributed by atoms with Gasteiger partial charge < -0.3 is 29.7 Å². The molecule has 0 aromatic heterocycles. The number of ketones is 2. The fourth-order valence-corrected chi connectivity index (χ4v) is 6.99. The number of aliphatic hydroxyl groups excluding tert-OH is 1. The number of nitrogens with one attached hydrogen (secondary N) is 1. The van der Waals surface area contributed by atoms with E-state index in [1.165, 1.54) is 20.2 Å². The number of carbonyl (C=O) groups excluding carboxylic acids is 4. The molecule has 40 heavy (non-hydrogen) atoms. The molecule has 0 radical (unpaired) electrons. The number of carboxylic acids is 1. The lowest BCUT2D eigenvalue weighted by Gasteiger charge is -2.53. The molecule has 0 aromatic rings. The van der Waals surface area contributed by atoms with Gasteiger partial charge in [0.05, 0.1) is 17.6 Å². The maximum atomic E-state index is 13.9. The van der Waals surface area contributed by atoms with Gasteiger partial charge in [0.15, 0.2) is 5.76 Å². The number of esters is 2. The minimum absolute atomic E-state index is 0.0217. The number of methoxy groups -OCH3 is 1. The molecule has 6 atom stereocenters. The molecule has 1 heterocycles. The van der Waals surface area contributed by atoms with Crippen LogP contribution in [0, 0.1) is 22.7 Å². The Labute approximate surface area is 232 Å². The maximum Gasteiger partial charge on any atom is 0.340 e. The third-order valence-corrected chi connectivity index (χ3v) is 8.85. The molecule has 4 aliphatic rings. The molecule has 11 nitrogen and oxygen atoms in total. The second-order valence-corrected chi connectivity index (χ2v) is 11.9. The Morgan fingerprint density at radius 2 is 1.90 bits per heavy atom. The second-order valence-electron chi connectivity index (χ2n) is 11.9. The molecular formula is C29H37NO10. The Bertz CT molecular complexity index is 1260. The number of carboxylic acid groups (broad SMARTS) is 1. The van der Waals surface area contributed by atoms with Gasteiger partial charge >= 0.3 is 17.9 Å². The monoisotopic (exact) mass is 559 g/mol. The van der Waals surface area contributed by atoms with Crippen LogP contribution in [0.3, 0.4) is 0 Å². The van der Waals surface area contributed by atoms with E-state index in [-0.39, 0.29) is 54.3 Å². The molecule has 0 unspecified atom stereocenters. The summed E-state index contributed by atoms with van der Waals surface area (Å²) < 4.78 is 16.9. The zero-order chi connectivity index (χ0) is 29.7. The average molecular weight is 560 g/mol. The van der Waals surface area contributed by atoms with Gasteiger partial charge in [0.1, 0.15) is 24.0 Å². The third kappa shape index (κ3) is 4.53. The fraction of sp³-hybridized carbons (Fsp3) is 0.621. The summed E-state index contributed by atoms with van der Waals surface area (Å²) in [5, 5.41) is 23.9. The fourth-order valence-electron chi connectivity index (χ4n) is 6.99. The highest BCUT2D eigenvalue weighted by Gasteiger charge is 2.64. The van der Waals surface area contributed by atoms with Gasteiger partial charge in [-0.15, -0.1) is 0 Å². The zero-order valence-corrected chi connectivity index (χ0v) is 23.7. The first-order valence-electron chi connectivity index (χ1n) is 13.5. The molecular weight excluding hydrogens is 522 g/mol. The van der Waals surface area contributed by atoms with E-state index < -0.39 is 64.4 Å². The smallest absolute Gasteiger partial charge is 0.340 e. The van der Waals surface area contributed by atoms with Crippen molar-refractivity contribution >= 4 is 29.5 Å². The first kappa shape index (κ1) is 29.5. The van der Waals surface area contributed by atoms with Gasteiger partial charge in [-0.05, 0) is 31.3 Å². The molecule has 2 fully saturated rings. The standard InChI is InChI=1S/C29H37NO10/c1-13(2)9-17(26(35)36)30-11-15-22-25(34)24(33)21-16-7-8-19(32)28(16,4)10-18(39-14(3)31)23(21)29(22,5)20(12-38-6)40-27(15)37/h11,13,16-18,20,30,34H,7-10,12H2,1-6H3,(H,35,36)/b15-11-/t16-,17+,18+,20+,28-,29-/m0/s1. The van der Waals surface area contributed by atoms with Gasteiger partial charge in [-0.25, -0.2) is 9.59 Å². The number of aliphatic carboxylic acids is 1. The Morgan fingerprint density at radius 3 is 2.48 bits per heavy atom. The van der Waals surface area contributed by atoms with Crippen molar-refractivity contribution in [1.29, 1.82) is 0 Å². The van der Waals surface area contributed by atoms with E-state index in [1.807, 2.05) is 13.8 Å². The van der Waals surface area contributed by atoms with Crippen LogP contribution in [0.4, 0.5) is 0 Å². The molecule has 4 rings (SSSR count). The summed E-state index contributed by atoms with van der Waals surface area (Å²) in [4.78, 5) is 64.4. The zero-order valence-electron chi connectivity index (χ0n) is 23.7. The molecule has 11 heteroatoms. The number of aliphatic hydroxyl groups is 1. The maximum absolute atomic E-state index is 13.9. The van der Waals surface area contributed by atoms with Gasteiger partial charge in [0.25, 0.3) is 0 Å². The number of Topliss-reactive ketones (excluding diaryl/α,β-unsaturated/α-hetero) is 2. The van der Waals surface area contributed by atoms with Crippen molar-refractivity contribution in [2.45, 2.75) is 78.6 Å². The average Bonchev–Trinajstić information content (AvgIpc) is 3.15. The van der Waals surface area contributed by atoms with Gasteiger partial charge in [-0.1, -0.05) is 20.8 Å². The molecule has 0 spiro atoms. The predicted molar refractivity (Wildman–Crippen MR) is 140 cm³/mol. The lowest BCUT2D eigenvalue weighted by atomic mass is 9.53. The van der Waals surface area contributed by atoms with Crippen molar-refractivity contribution < 1.29 is 48.4 Å². The number of hydrogen-bond acceptors (Lipinski definition) is 10. The lowest BCUT2D eigenvalue weighted by molar-refractivity contribution is -0.160.